The zero-order chi connectivity index (χ0) is 13.8. The molecule has 2 aromatic rings. The second-order valence-corrected chi connectivity index (χ2v) is 5.47. The third-order valence-corrected chi connectivity index (χ3v) is 4.07. The molecule has 0 aliphatic carbocycles. The van der Waals surface area contributed by atoms with Crippen molar-refractivity contribution in [3.05, 3.63) is 44.8 Å². The van der Waals surface area contributed by atoms with Crippen molar-refractivity contribution in [1.29, 1.82) is 0 Å². The molecule has 6 nitrogen and oxygen atoms in total. The van der Waals surface area contributed by atoms with Gasteiger partial charge >= 0.3 is 11.7 Å². The Morgan fingerprint density at radius 2 is 2.21 bits per heavy atom. The Bertz CT molecular complexity index is 653. The van der Waals surface area contributed by atoms with E-state index in [0.717, 1.165) is 21.8 Å². The number of rotatable bonds is 5. The zero-order valence-corrected chi connectivity index (χ0v) is 12.1. The maximum atomic E-state index is 11.7. The molecule has 2 rings (SSSR count). The quantitative estimate of drug-likeness (QED) is 0.804. The molecule has 8 heteroatoms. The van der Waals surface area contributed by atoms with Crippen LogP contribution < -0.4 is 5.69 Å². The van der Waals surface area contributed by atoms with Crippen molar-refractivity contribution in [2.75, 3.05) is 5.75 Å². The standard InChI is InChI=1S/C11H10BrN3O3S/c12-8-4-2-1-3-7(8)5-15-10(18)13-14-11(15)19-6-9(16)17/h1-4H,5-6H2,(H,13,18)(H,16,17). The Balaban J connectivity index is 2.25. The van der Waals surface area contributed by atoms with Gasteiger partial charge in [-0.2, -0.15) is 0 Å². The Labute approximate surface area is 121 Å². The van der Waals surface area contributed by atoms with Crippen LogP contribution >= 0.6 is 27.7 Å². The number of carbonyl (C=O) groups is 1. The lowest BCUT2D eigenvalue weighted by atomic mass is 10.2. The van der Waals surface area contributed by atoms with Crippen LogP contribution in [0.5, 0.6) is 0 Å². The van der Waals surface area contributed by atoms with Gasteiger partial charge in [0.25, 0.3) is 0 Å². The van der Waals surface area contributed by atoms with Gasteiger partial charge in [0.2, 0.25) is 0 Å². The molecule has 0 unspecified atom stereocenters. The van der Waals surface area contributed by atoms with Gasteiger partial charge < -0.3 is 5.11 Å². The first kappa shape index (κ1) is 13.9. The Hall–Kier alpha value is -1.54. The highest BCUT2D eigenvalue weighted by Crippen LogP contribution is 2.19. The number of benzene rings is 1. The van der Waals surface area contributed by atoms with E-state index in [9.17, 15) is 9.59 Å². The minimum absolute atomic E-state index is 0.139. The fourth-order valence-corrected chi connectivity index (χ4v) is 2.55. The van der Waals surface area contributed by atoms with E-state index in [1.54, 1.807) is 0 Å². The first-order chi connectivity index (χ1) is 9.08. The second kappa shape index (κ2) is 6.07. The molecule has 0 atom stereocenters. The fraction of sp³-hybridized carbons (Fsp3) is 0.182. The Morgan fingerprint density at radius 3 is 2.89 bits per heavy atom. The van der Waals surface area contributed by atoms with Gasteiger partial charge in [-0.05, 0) is 11.6 Å². The maximum Gasteiger partial charge on any atom is 0.344 e. The van der Waals surface area contributed by atoms with Crippen molar-refractivity contribution in [3.63, 3.8) is 0 Å². The highest BCUT2D eigenvalue weighted by Gasteiger charge is 2.12. The second-order valence-electron chi connectivity index (χ2n) is 3.67. The number of nitrogens with one attached hydrogen (secondary N) is 1. The maximum absolute atomic E-state index is 11.7. The molecule has 1 aromatic heterocycles. The first-order valence-corrected chi connectivity index (χ1v) is 7.09. The summed E-state index contributed by atoms with van der Waals surface area (Å²) < 4.78 is 2.30. The molecule has 1 aromatic carbocycles. The highest BCUT2D eigenvalue weighted by molar-refractivity contribution is 9.10. The van der Waals surface area contributed by atoms with Gasteiger partial charge in [-0.3, -0.25) is 9.36 Å². The number of H-pyrrole nitrogens is 1. The van der Waals surface area contributed by atoms with E-state index < -0.39 is 5.97 Å². The summed E-state index contributed by atoms with van der Waals surface area (Å²) in [6, 6.07) is 7.51. The molecule has 0 spiro atoms. The summed E-state index contributed by atoms with van der Waals surface area (Å²) in [5.41, 5.74) is 0.562. The van der Waals surface area contributed by atoms with Crippen LogP contribution in [0.1, 0.15) is 5.56 Å². The highest BCUT2D eigenvalue weighted by atomic mass is 79.9. The van der Waals surface area contributed by atoms with E-state index in [2.05, 4.69) is 26.1 Å². The van der Waals surface area contributed by atoms with E-state index in [4.69, 9.17) is 5.11 Å². The van der Waals surface area contributed by atoms with Gasteiger partial charge in [0, 0.05) is 4.47 Å². The summed E-state index contributed by atoms with van der Waals surface area (Å²) in [5, 5.41) is 15.2. The number of carboxylic acids is 1. The lowest BCUT2D eigenvalue weighted by Gasteiger charge is -2.06. The molecule has 19 heavy (non-hydrogen) atoms. The molecular weight excluding hydrogens is 334 g/mol. The molecule has 0 amide bonds. The summed E-state index contributed by atoms with van der Waals surface area (Å²) in [6.45, 7) is 0.332. The van der Waals surface area contributed by atoms with Crippen LogP contribution in [-0.4, -0.2) is 31.6 Å². The molecule has 0 saturated heterocycles. The SMILES string of the molecule is O=C(O)CSc1n[nH]c(=O)n1Cc1ccccc1Br. The van der Waals surface area contributed by atoms with Crippen LogP contribution in [0, 0.1) is 0 Å². The molecule has 0 aliphatic heterocycles. The number of hydrogen-bond acceptors (Lipinski definition) is 4. The van der Waals surface area contributed by atoms with Gasteiger partial charge in [-0.25, -0.2) is 9.89 Å². The molecule has 0 saturated carbocycles. The van der Waals surface area contributed by atoms with Crippen molar-refractivity contribution >= 4 is 33.7 Å². The number of carboxylic acid groups (broad SMARTS) is 1. The largest absolute Gasteiger partial charge is 0.481 e. The lowest BCUT2D eigenvalue weighted by molar-refractivity contribution is -0.133. The summed E-state index contributed by atoms with van der Waals surface area (Å²) in [4.78, 5) is 22.2. The van der Waals surface area contributed by atoms with E-state index in [-0.39, 0.29) is 11.4 Å². The van der Waals surface area contributed by atoms with Crippen molar-refractivity contribution in [1.82, 2.24) is 14.8 Å². The minimum atomic E-state index is -0.951. The van der Waals surface area contributed by atoms with Crippen molar-refractivity contribution in [2.24, 2.45) is 0 Å². The number of nitrogens with zero attached hydrogens (tertiary/aromatic N) is 2. The topological polar surface area (TPSA) is 88.0 Å². The van der Waals surface area contributed by atoms with E-state index in [1.165, 1.54) is 4.57 Å². The molecule has 100 valence electrons. The molecule has 0 radical (unpaired) electrons. The average molecular weight is 344 g/mol. The zero-order valence-electron chi connectivity index (χ0n) is 9.67. The Kier molecular flexibility index (Phi) is 4.43. The van der Waals surface area contributed by atoms with Crippen molar-refractivity contribution < 1.29 is 9.90 Å². The third kappa shape index (κ3) is 3.48. The molecular formula is C11H10BrN3O3S. The van der Waals surface area contributed by atoms with Gasteiger partial charge in [0.1, 0.15) is 0 Å². The molecule has 0 fully saturated rings. The van der Waals surface area contributed by atoms with Gasteiger partial charge in [0.15, 0.2) is 5.16 Å². The van der Waals surface area contributed by atoms with Gasteiger partial charge in [-0.15, -0.1) is 5.10 Å². The molecule has 2 N–H and O–H groups in total. The molecule has 1 heterocycles. The lowest BCUT2D eigenvalue weighted by Crippen LogP contribution is -2.18. The normalized spacial score (nSPS) is 10.6. The van der Waals surface area contributed by atoms with E-state index in [1.807, 2.05) is 24.3 Å². The number of hydrogen-bond donors (Lipinski definition) is 2. The van der Waals surface area contributed by atoms with Crippen LogP contribution in [0.3, 0.4) is 0 Å². The number of aliphatic carboxylic acids is 1. The van der Waals surface area contributed by atoms with Crippen LogP contribution in [-0.2, 0) is 11.3 Å². The van der Waals surface area contributed by atoms with Crippen LogP contribution in [0.2, 0.25) is 0 Å². The smallest absolute Gasteiger partial charge is 0.344 e. The van der Waals surface area contributed by atoms with Gasteiger partial charge in [0.05, 0.1) is 12.3 Å². The fourth-order valence-electron chi connectivity index (χ4n) is 1.48. The summed E-state index contributed by atoms with van der Waals surface area (Å²) in [7, 11) is 0. The Morgan fingerprint density at radius 1 is 1.47 bits per heavy atom. The first-order valence-electron chi connectivity index (χ1n) is 5.31. The predicted molar refractivity (Wildman–Crippen MR) is 74.5 cm³/mol. The van der Waals surface area contributed by atoms with Crippen LogP contribution in [0.15, 0.2) is 38.7 Å². The number of aromatic nitrogens is 3. The number of halogens is 1. The average Bonchev–Trinajstić information content (AvgIpc) is 2.71. The molecule has 0 bridgehead atoms. The third-order valence-electron chi connectivity index (χ3n) is 2.33. The van der Waals surface area contributed by atoms with Crippen LogP contribution in [0.4, 0.5) is 0 Å². The summed E-state index contributed by atoms with van der Waals surface area (Å²) >= 11 is 4.41. The van der Waals surface area contributed by atoms with E-state index in [0.29, 0.717) is 11.7 Å². The number of aromatic amines is 1. The summed E-state index contributed by atoms with van der Waals surface area (Å²) in [5.74, 6) is -1.09. The summed E-state index contributed by atoms with van der Waals surface area (Å²) in [6.07, 6.45) is 0. The predicted octanol–water partition coefficient (Wildman–Crippen LogP) is 1.56. The monoisotopic (exact) mass is 343 g/mol. The van der Waals surface area contributed by atoms with Crippen molar-refractivity contribution in [3.8, 4) is 0 Å². The minimum Gasteiger partial charge on any atom is -0.481 e. The van der Waals surface area contributed by atoms with Crippen molar-refractivity contribution in [2.45, 2.75) is 11.7 Å². The van der Waals surface area contributed by atoms with E-state index >= 15 is 0 Å². The molecule has 0 aliphatic rings. The number of thioether (sulfide) groups is 1. The van der Waals surface area contributed by atoms with Crippen LogP contribution in [0.25, 0.3) is 0 Å². The van der Waals surface area contributed by atoms with Gasteiger partial charge in [-0.1, -0.05) is 45.9 Å².